The summed E-state index contributed by atoms with van der Waals surface area (Å²) in [5.74, 6) is 0.780. The predicted octanol–water partition coefficient (Wildman–Crippen LogP) is 3.83. The second-order valence-electron chi connectivity index (χ2n) is 9.96. The molecule has 2 unspecified atom stereocenters. The third kappa shape index (κ3) is 9.34. The zero-order valence-corrected chi connectivity index (χ0v) is 22.8. The molecule has 9 heteroatoms. The van der Waals surface area contributed by atoms with E-state index < -0.39 is 41.5 Å². The molecule has 2 atom stereocenters. The number of anilines is 1. The number of nitrogens with two attached hydrogens (primary N) is 1. The van der Waals surface area contributed by atoms with E-state index >= 15 is 0 Å². The van der Waals surface area contributed by atoms with Gasteiger partial charge in [0.05, 0.1) is 0 Å². The number of amides is 4. The summed E-state index contributed by atoms with van der Waals surface area (Å²) in [6.07, 6.45) is 5.86. The van der Waals surface area contributed by atoms with Gasteiger partial charge in [-0.2, -0.15) is 0 Å². The van der Waals surface area contributed by atoms with Crippen LogP contribution in [0.3, 0.4) is 0 Å². The van der Waals surface area contributed by atoms with Gasteiger partial charge in [-0.1, -0.05) is 42.3 Å². The van der Waals surface area contributed by atoms with Gasteiger partial charge in [-0.3, -0.25) is 14.4 Å². The molecule has 4 N–H and O–H groups in total. The maximum Gasteiger partial charge on any atom is 0.408 e. The molecular formula is C30H36N4O5. The van der Waals surface area contributed by atoms with E-state index in [-0.39, 0.29) is 19.4 Å². The molecule has 2 aromatic rings. The number of primary amides is 1. The Bertz CT molecular complexity index is 1240. The van der Waals surface area contributed by atoms with Gasteiger partial charge >= 0.3 is 6.09 Å². The number of terminal acetylenes is 1. The van der Waals surface area contributed by atoms with Crippen LogP contribution in [-0.4, -0.2) is 46.9 Å². The molecule has 0 radical (unpaired) electrons. The van der Waals surface area contributed by atoms with Crippen LogP contribution >= 0.6 is 0 Å². The van der Waals surface area contributed by atoms with Gasteiger partial charge in [0.15, 0.2) is 0 Å². The molecular weight excluding hydrogens is 496 g/mol. The van der Waals surface area contributed by atoms with Crippen molar-refractivity contribution in [3.63, 3.8) is 0 Å². The Morgan fingerprint density at radius 3 is 2.31 bits per heavy atom. The summed E-state index contributed by atoms with van der Waals surface area (Å²) in [5.41, 5.74) is 7.01. The molecule has 2 rings (SSSR count). The largest absolute Gasteiger partial charge is 0.444 e. The zero-order valence-electron chi connectivity index (χ0n) is 22.8. The highest BCUT2D eigenvalue weighted by Gasteiger charge is 2.36. The predicted molar refractivity (Wildman–Crippen MR) is 150 cm³/mol. The van der Waals surface area contributed by atoms with E-state index in [1.807, 2.05) is 19.1 Å². The number of carbonyl (C=O) groups is 4. The van der Waals surface area contributed by atoms with Crippen LogP contribution in [0.15, 0.2) is 61.2 Å². The average Bonchev–Trinajstić information content (AvgIpc) is 2.86. The van der Waals surface area contributed by atoms with Crippen molar-refractivity contribution in [2.24, 2.45) is 5.73 Å². The molecule has 2 aromatic carbocycles. The van der Waals surface area contributed by atoms with Crippen molar-refractivity contribution in [2.75, 3.05) is 11.9 Å². The Kier molecular flexibility index (Phi) is 10.9. The van der Waals surface area contributed by atoms with E-state index in [0.717, 1.165) is 5.56 Å². The number of benzene rings is 2. The molecule has 9 nitrogen and oxygen atoms in total. The normalized spacial score (nSPS) is 12.3. The number of para-hydroxylation sites is 1. The molecule has 0 aromatic heterocycles. The number of hydrogen-bond acceptors (Lipinski definition) is 5. The molecule has 206 valence electrons. The van der Waals surface area contributed by atoms with Gasteiger partial charge in [0.1, 0.15) is 17.7 Å². The number of nitrogens with one attached hydrogen (secondary N) is 2. The van der Waals surface area contributed by atoms with Crippen LogP contribution in [0.2, 0.25) is 0 Å². The monoisotopic (exact) mass is 532 g/mol. The number of aryl methyl sites for hydroxylation is 1. The molecule has 0 heterocycles. The van der Waals surface area contributed by atoms with Crippen molar-refractivity contribution in [2.45, 2.75) is 58.2 Å². The Morgan fingerprint density at radius 1 is 1.13 bits per heavy atom. The summed E-state index contributed by atoms with van der Waals surface area (Å²) in [5, 5.41) is 5.44. The first-order chi connectivity index (χ1) is 18.4. The Labute approximate surface area is 229 Å². The van der Waals surface area contributed by atoms with Crippen molar-refractivity contribution >= 4 is 29.5 Å². The molecule has 0 saturated heterocycles. The highest BCUT2D eigenvalue weighted by Crippen LogP contribution is 2.26. The van der Waals surface area contributed by atoms with Gasteiger partial charge in [-0.15, -0.1) is 13.0 Å². The molecule has 39 heavy (non-hydrogen) atoms. The Morgan fingerprint density at radius 2 is 1.77 bits per heavy atom. The van der Waals surface area contributed by atoms with Gasteiger partial charge in [0, 0.05) is 24.2 Å². The summed E-state index contributed by atoms with van der Waals surface area (Å²) < 4.78 is 5.32. The first kappa shape index (κ1) is 30.6. The van der Waals surface area contributed by atoms with Gasteiger partial charge in [0.2, 0.25) is 11.8 Å². The van der Waals surface area contributed by atoms with E-state index in [9.17, 15) is 19.2 Å². The molecule has 0 aliphatic heterocycles. The third-order valence-electron chi connectivity index (χ3n) is 5.63. The summed E-state index contributed by atoms with van der Waals surface area (Å²) in [6.45, 7) is 10.6. The van der Waals surface area contributed by atoms with Crippen molar-refractivity contribution in [3.05, 3.63) is 77.9 Å². The van der Waals surface area contributed by atoms with Crippen molar-refractivity contribution in [1.29, 1.82) is 0 Å². The smallest absolute Gasteiger partial charge is 0.408 e. The van der Waals surface area contributed by atoms with Crippen LogP contribution in [0.1, 0.15) is 56.3 Å². The fourth-order valence-corrected chi connectivity index (χ4v) is 3.80. The molecule has 0 bridgehead atoms. The standard InChI is InChI=1S/C30H36N4O5/c1-7-19-34(28(37)24(17-18-25(31)35)33-29(38)39-30(4,5)6)26(22-15-13-21(8-2)14-16-22)27(36)32-23-12-10-9-11-20(23)3/h2,7,9-16,24,26H,1,17-19H2,3-6H3,(H2,31,35)(H,32,36)(H,33,38). The number of nitrogens with zero attached hydrogens (tertiary/aromatic N) is 1. The second kappa shape index (κ2) is 13.8. The van der Waals surface area contributed by atoms with Crippen LogP contribution < -0.4 is 16.4 Å². The zero-order chi connectivity index (χ0) is 29.2. The van der Waals surface area contributed by atoms with E-state index in [1.54, 1.807) is 57.2 Å². The number of carbonyl (C=O) groups excluding carboxylic acids is 4. The lowest BCUT2D eigenvalue weighted by Gasteiger charge is -2.34. The molecule has 0 aliphatic rings. The van der Waals surface area contributed by atoms with Crippen LogP contribution in [0.4, 0.5) is 10.5 Å². The number of hydrogen-bond donors (Lipinski definition) is 3. The summed E-state index contributed by atoms with van der Waals surface area (Å²) in [6, 6.07) is 11.6. The maximum atomic E-state index is 14.0. The lowest BCUT2D eigenvalue weighted by molar-refractivity contribution is -0.140. The molecule has 0 saturated carbocycles. The van der Waals surface area contributed by atoms with E-state index in [1.165, 1.54) is 11.0 Å². The van der Waals surface area contributed by atoms with Crippen LogP contribution in [0.25, 0.3) is 0 Å². The third-order valence-corrected chi connectivity index (χ3v) is 5.63. The van der Waals surface area contributed by atoms with Crippen LogP contribution in [-0.2, 0) is 19.1 Å². The van der Waals surface area contributed by atoms with Gasteiger partial charge in [-0.05, 0) is 63.4 Å². The first-order valence-electron chi connectivity index (χ1n) is 12.5. The molecule has 0 aliphatic carbocycles. The number of ether oxygens (including phenoxy) is 1. The van der Waals surface area contributed by atoms with Crippen LogP contribution in [0.5, 0.6) is 0 Å². The lowest BCUT2D eigenvalue weighted by Crippen LogP contribution is -2.52. The highest BCUT2D eigenvalue weighted by molar-refractivity contribution is 5.99. The summed E-state index contributed by atoms with van der Waals surface area (Å²) in [4.78, 5) is 53.1. The summed E-state index contributed by atoms with van der Waals surface area (Å²) in [7, 11) is 0. The molecule has 4 amide bonds. The Hall–Kier alpha value is -4.58. The molecule has 0 fully saturated rings. The minimum atomic E-state index is -1.20. The van der Waals surface area contributed by atoms with Gasteiger partial charge in [-0.25, -0.2) is 4.79 Å². The first-order valence-corrected chi connectivity index (χ1v) is 12.5. The summed E-state index contributed by atoms with van der Waals surface area (Å²) >= 11 is 0. The minimum absolute atomic E-state index is 0.0371. The fraction of sp³-hybridized carbons (Fsp3) is 0.333. The lowest BCUT2D eigenvalue weighted by atomic mass is 10.00. The topological polar surface area (TPSA) is 131 Å². The fourth-order valence-electron chi connectivity index (χ4n) is 3.80. The minimum Gasteiger partial charge on any atom is -0.444 e. The number of alkyl carbamates (subject to hydrolysis) is 1. The van der Waals surface area contributed by atoms with E-state index in [2.05, 4.69) is 23.1 Å². The van der Waals surface area contributed by atoms with Crippen molar-refractivity contribution < 1.29 is 23.9 Å². The highest BCUT2D eigenvalue weighted by atomic mass is 16.6. The van der Waals surface area contributed by atoms with E-state index in [4.69, 9.17) is 16.9 Å². The van der Waals surface area contributed by atoms with Crippen molar-refractivity contribution in [3.8, 4) is 12.3 Å². The second-order valence-corrected chi connectivity index (χ2v) is 9.96. The SMILES string of the molecule is C#Cc1ccc(C(C(=O)Nc2ccccc2C)N(CC=C)C(=O)C(CCC(N)=O)NC(=O)OC(C)(C)C)cc1. The van der Waals surface area contributed by atoms with Gasteiger partial charge in [0.25, 0.3) is 5.91 Å². The quantitative estimate of drug-likeness (QED) is 0.299. The average molecular weight is 533 g/mol. The molecule has 0 spiro atoms. The maximum absolute atomic E-state index is 14.0. The Balaban J connectivity index is 2.53. The number of rotatable bonds is 11. The van der Waals surface area contributed by atoms with E-state index in [0.29, 0.717) is 16.8 Å². The van der Waals surface area contributed by atoms with Gasteiger partial charge < -0.3 is 26.0 Å². The van der Waals surface area contributed by atoms with Crippen LogP contribution in [0, 0.1) is 19.3 Å². The van der Waals surface area contributed by atoms with Crippen molar-refractivity contribution in [1.82, 2.24) is 10.2 Å².